The van der Waals surface area contributed by atoms with Crippen LogP contribution >= 0.6 is 0 Å². The SMILES string of the molecule is C=C(C)C(CCC#CCO)Cc1occc1C. The van der Waals surface area contributed by atoms with Crippen molar-refractivity contribution in [3.05, 3.63) is 35.8 Å². The lowest BCUT2D eigenvalue weighted by Gasteiger charge is -2.14. The number of hydrogen-bond acceptors (Lipinski definition) is 2. The Morgan fingerprint density at radius 3 is 2.82 bits per heavy atom. The number of allylic oxidation sites excluding steroid dienone is 1. The van der Waals surface area contributed by atoms with Crippen molar-refractivity contribution >= 4 is 0 Å². The summed E-state index contributed by atoms with van der Waals surface area (Å²) >= 11 is 0. The molecule has 17 heavy (non-hydrogen) atoms. The molecule has 0 bridgehead atoms. The molecular formula is C15H20O2. The number of hydrogen-bond donors (Lipinski definition) is 1. The van der Waals surface area contributed by atoms with Crippen molar-refractivity contribution in [3.8, 4) is 11.8 Å². The molecule has 0 fully saturated rings. The van der Waals surface area contributed by atoms with Crippen LogP contribution in [0.3, 0.4) is 0 Å². The second kappa shape index (κ2) is 6.98. The van der Waals surface area contributed by atoms with Gasteiger partial charge < -0.3 is 9.52 Å². The van der Waals surface area contributed by atoms with Crippen LogP contribution in [0.4, 0.5) is 0 Å². The van der Waals surface area contributed by atoms with Gasteiger partial charge in [0.25, 0.3) is 0 Å². The molecule has 2 heteroatoms. The normalized spacial score (nSPS) is 11.7. The first kappa shape index (κ1) is 13.6. The fraction of sp³-hybridized carbons (Fsp3) is 0.467. The summed E-state index contributed by atoms with van der Waals surface area (Å²) in [7, 11) is 0. The van der Waals surface area contributed by atoms with Crippen molar-refractivity contribution in [2.24, 2.45) is 5.92 Å². The molecule has 92 valence electrons. The van der Waals surface area contributed by atoms with E-state index >= 15 is 0 Å². The number of aliphatic hydroxyl groups excluding tert-OH is 1. The van der Waals surface area contributed by atoms with Gasteiger partial charge in [0.05, 0.1) is 6.26 Å². The Kier molecular flexibility index (Phi) is 5.59. The summed E-state index contributed by atoms with van der Waals surface area (Å²) in [6.07, 6.45) is 4.36. The van der Waals surface area contributed by atoms with E-state index in [2.05, 4.69) is 25.3 Å². The van der Waals surface area contributed by atoms with Crippen molar-refractivity contribution in [2.75, 3.05) is 6.61 Å². The maximum Gasteiger partial charge on any atom is 0.107 e. The lowest BCUT2D eigenvalue weighted by Crippen LogP contribution is -2.05. The Labute approximate surface area is 103 Å². The Hall–Kier alpha value is -1.46. The zero-order valence-corrected chi connectivity index (χ0v) is 10.6. The number of rotatable bonds is 5. The van der Waals surface area contributed by atoms with Crippen molar-refractivity contribution in [3.63, 3.8) is 0 Å². The van der Waals surface area contributed by atoms with E-state index in [1.54, 1.807) is 6.26 Å². The van der Waals surface area contributed by atoms with Crippen LogP contribution in [0.25, 0.3) is 0 Å². The van der Waals surface area contributed by atoms with E-state index < -0.39 is 0 Å². The highest BCUT2D eigenvalue weighted by Gasteiger charge is 2.13. The van der Waals surface area contributed by atoms with Gasteiger partial charge in [0.15, 0.2) is 0 Å². The molecule has 1 aromatic heterocycles. The minimum absolute atomic E-state index is 0.0605. The lowest BCUT2D eigenvalue weighted by atomic mass is 9.91. The standard InChI is InChI=1S/C15H20O2/c1-12(2)14(7-5-4-6-9-16)11-15-13(3)8-10-17-15/h8,10,14,16H,1,5,7,9,11H2,2-3H3. The third kappa shape index (κ3) is 4.50. The smallest absolute Gasteiger partial charge is 0.107 e. The van der Waals surface area contributed by atoms with E-state index in [-0.39, 0.29) is 6.61 Å². The predicted molar refractivity (Wildman–Crippen MR) is 69.5 cm³/mol. The van der Waals surface area contributed by atoms with Crippen molar-refractivity contribution in [2.45, 2.75) is 33.1 Å². The molecular weight excluding hydrogens is 212 g/mol. The minimum atomic E-state index is -0.0605. The number of aryl methyl sites for hydroxylation is 1. The first-order chi connectivity index (χ1) is 8.15. The highest BCUT2D eigenvalue weighted by Crippen LogP contribution is 2.22. The summed E-state index contributed by atoms with van der Waals surface area (Å²) in [5, 5.41) is 8.58. The minimum Gasteiger partial charge on any atom is -0.469 e. The van der Waals surface area contributed by atoms with Gasteiger partial charge in [-0.2, -0.15) is 0 Å². The van der Waals surface area contributed by atoms with Gasteiger partial charge in [-0.15, -0.1) is 5.92 Å². The second-order valence-corrected chi connectivity index (χ2v) is 4.32. The van der Waals surface area contributed by atoms with Gasteiger partial charge in [-0.05, 0) is 37.8 Å². The van der Waals surface area contributed by atoms with Crippen LogP contribution < -0.4 is 0 Å². The monoisotopic (exact) mass is 232 g/mol. The van der Waals surface area contributed by atoms with Crippen LogP contribution in [0, 0.1) is 24.7 Å². The second-order valence-electron chi connectivity index (χ2n) is 4.32. The van der Waals surface area contributed by atoms with E-state index in [0.29, 0.717) is 5.92 Å². The molecule has 0 aromatic carbocycles. The fourth-order valence-corrected chi connectivity index (χ4v) is 1.75. The summed E-state index contributed by atoms with van der Waals surface area (Å²) in [5.74, 6) is 7.04. The van der Waals surface area contributed by atoms with Gasteiger partial charge in [0.2, 0.25) is 0 Å². The first-order valence-electron chi connectivity index (χ1n) is 5.90. The molecule has 2 nitrogen and oxygen atoms in total. The summed E-state index contributed by atoms with van der Waals surface area (Å²) in [6, 6.07) is 1.98. The summed E-state index contributed by atoms with van der Waals surface area (Å²) < 4.78 is 5.46. The van der Waals surface area contributed by atoms with Gasteiger partial charge in [-0.1, -0.05) is 18.1 Å². The summed E-state index contributed by atoms with van der Waals surface area (Å²) in [6.45, 7) is 8.06. The van der Waals surface area contributed by atoms with Crippen LogP contribution in [0.2, 0.25) is 0 Å². The zero-order valence-electron chi connectivity index (χ0n) is 10.6. The fourth-order valence-electron chi connectivity index (χ4n) is 1.75. The zero-order chi connectivity index (χ0) is 12.7. The third-order valence-corrected chi connectivity index (χ3v) is 2.92. The molecule has 1 rings (SSSR count). The molecule has 1 heterocycles. The van der Waals surface area contributed by atoms with Gasteiger partial charge in [-0.25, -0.2) is 0 Å². The maximum absolute atomic E-state index is 8.58. The third-order valence-electron chi connectivity index (χ3n) is 2.92. The van der Waals surface area contributed by atoms with Gasteiger partial charge >= 0.3 is 0 Å². The highest BCUT2D eigenvalue weighted by molar-refractivity contribution is 5.17. The highest BCUT2D eigenvalue weighted by atomic mass is 16.3. The van der Waals surface area contributed by atoms with Crippen molar-refractivity contribution < 1.29 is 9.52 Å². The van der Waals surface area contributed by atoms with E-state index in [1.165, 1.54) is 5.56 Å². The number of aliphatic hydroxyl groups is 1. The van der Waals surface area contributed by atoms with Gasteiger partial charge in [0.1, 0.15) is 12.4 Å². The molecule has 1 aromatic rings. The van der Waals surface area contributed by atoms with E-state index in [0.717, 1.165) is 30.6 Å². The number of furan rings is 1. The molecule has 0 aliphatic heterocycles. The van der Waals surface area contributed by atoms with Gasteiger partial charge in [0, 0.05) is 12.8 Å². The Balaban J connectivity index is 2.55. The van der Waals surface area contributed by atoms with Crippen LogP contribution in [-0.4, -0.2) is 11.7 Å². The Morgan fingerprint density at radius 1 is 1.53 bits per heavy atom. The maximum atomic E-state index is 8.58. The summed E-state index contributed by atoms with van der Waals surface area (Å²) in [5.41, 5.74) is 2.35. The largest absolute Gasteiger partial charge is 0.469 e. The molecule has 0 saturated carbocycles. The molecule has 1 atom stereocenters. The molecule has 0 aliphatic carbocycles. The lowest BCUT2D eigenvalue weighted by molar-refractivity contribution is 0.350. The molecule has 0 spiro atoms. The molecule has 0 radical (unpaired) electrons. The Bertz CT molecular complexity index is 418. The van der Waals surface area contributed by atoms with Gasteiger partial charge in [-0.3, -0.25) is 0 Å². The van der Waals surface area contributed by atoms with Crippen LogP contribution in [0.5, 0.6) is 0 Å². The Morgan fingerprint density at radius 2 is 2.29 bits per heavy atom. The van der Waals surface area contributed by atoms with Crippen LogP contribution in [0.1, 0.15) is 31.1 Å². The van der Waals surface area contributed by atoms with E-state index in [9.17, 15) is 0 Å². The van der Waals surface area contributed by atoms with E-state index in [1.807, 2.05) is 13.0 Å². The quantitative estimate of drug-likeness (QED) is 0.625. The van der Waals surface area contributed by atoms with Crippen LogP contribution in [-0.2, 0) is 6.42 Å². The molecule has 1 N–H and O–H groups in total. The summed E-state index contributed by atoms with van der Waals surface area (Å²) in [4.78, 5) is 0. The molecule has 0 amide bonds. The van der Waals surface area contributed by atoms with Crippen molar-refractivity contribution in [1.82, 2.24) is 0 Å². The van der Waals surface area contributed by atoms with Crippen LogP contribution in [0.15, 0.2) is 28.9 Å². The first-order valence-corrected chi connectivity index (χ1v) is 5.90. The van der Waals surface area contributed by atoms with E-state index in [4.69, 9.17) is 9.52 Å². The average molecular weight is 232 g/mol. The molecule has 0 saturated heterocycles. The molecule has 0 aliphatic rings. The average Bonchev–Trinajstić information content (AvgIpc) is 2.68. The van der Waals surface area contributed by atoms with Crippen molar-refractivity contribution in [1.29, 1.82) is 0 Å². The molecule has 1 unspecified atom stereocenters. The predicted octanol–water partition coefficient (Wildman–Crippen LogP) is 3.10. The topological polar surface area (TPSA) is 33.4 Å².